The summed E-state index contributed by atoms with van der Waals surface area (Å²) in [5.41, 5.74) is 4.40. The topological polar surface area (TPSA) is 72.5 Å². The van der Waals surface area contributed by atoms with Crippen LogP contribution < -0.4 is 15.4 Å². The molecule has 0 unspecified atom stereocenters. The average Bonchev–Trinajstić information content (AvgIpc) is 2.69. The SMILES string of the molecule is COCCNC(=O)c1ccc(Nc2cc(C)c3cccc(OC)c3n2)c(C)c1. The Morgan fingerprint density at radius 3 is 2.61 bits per heavy atom. The van der Waals surface area contributed by atoms with Gasteiger partial charge in [-0.1, -0.05) is 12.1 Å². The number of fused-ring (bicyclic) bond motifs is 1. The van der Waals surface area contributed by atoms with Crippen molar-refractivity contribution in [2.24, 2.45) is 0 Å². The number of ether oxygens (including phenoxy) is 2. The molecule has 0 bridgehead atoms. The van der Waals surface area contributed by atoms with Gasteiger partial charge >= 0.3 is 0 Å². The Balaban J connectivity index is 1.85. The highest BCUT2D eigenvalue weighted by atomic mass is 16.5. The van der Waals surface area contributed by atoms with E-state index in [0.717, 1.165) is 39.3 Å². The molecule has 0 saturated heterocycles. The maximum atomic E-state index is 12.2. The number of aromatic nitrogens is 1. The van der Waals surface area contributed by atoms with Crippen molar-refractivity contribution in [1.82, 2.24) is 10.3 Å². The van der Waals surface area contributed by atoms with Crippen LogP contribution in [-0.2, 0) is 4.74 Å². The van der Waals surface area contributed by atoms with Crippen LogP contribution in [0.2, 0.25) is 0 Å². The van der Waals surface area contributed by atoms with Crippen LogP contribution in [0.3, 0.4) is 0 Å². The summed E-state index contributed by atoms with van der Waals surface area (Å²) in [7, 11) is 3.25. The van der Waals surface area contributed by atoms with Crippen molar-refractivity contribution in [3.63, 3.8) is 0 Å². The maximum Gasteiger partial charge on any atom is 0.251 e. The molecule has 0 radical (unpaired) electrons. The van der Waals surface area contributed by atoms with Crippen molar-refractivity contribution >= 4 is 28.3 Å². The van der Waals surface area contributed by atoms with Gasteiger partial charge in [-0.2, -0.15) is 0 Å². The van der Waals surface area contributed by atoms with Gasteiger partial charge in [0.1, 0.15) is 17.1 Å². The molecule has 6 nitrogen and oxygen atoms in total. The molecular formula is C22H25N3O3. The minimum atomic E-state index is -0.115. The summed E-state index contributed by atoms with van der Waals surface area (Å²) in [4.78, 5) is 16.9. The number of methoxy groups -OCH3 is 2. The van der Waals surface area contributed by atoms with E-state index in [2.05, 4.69) is 17.6 Å². The van der Waals surface area contributed by atoms with Crippen LogP contribution in [-0.4, -0.2) is 38.3 Å². The maximum absolute atomic E-state index is 12.2. The average molecular weight is 379 g/mol. The number of nitrogens with one attached hydrogen (secondary N) is 2. The van der Waals surface area contributed by atoms with E-state index in [4.69, 9.17) is 14.5 Å². The first-order valence-electron chi connectivity index (χ1n) is 9.12. The van der Waals surface area contributed by atoms with Crippen molar-refractivity contribution in [3.8, 4) is 5.75 Å². The number of hydrogen-bond acceptors (Lipinski definition) is 5. The van der Waals surface area contributed by atoms with Gasteiger partial charge in [0.05, 0.1) is 13.7 Å². The summed E-state index contributed by atoms with van der Waals surface area (Å²) >= 11 is 0. The molecule has 0 aliphatic rings. The van der Waals surface area contributed by atoms with Crippen LogP contribution in [0.25, 0.3) is 10.9 Å². The zero-order valence-corrected chi connectivity index (χ0v) is 16.6. The number of para-hydroxylation sites is 1. The number of carbonyl (C=O) groups excluding carboxylic acids is 1. The first-order valence-corrected chi connectivity index (χ1v) is 9.12. The summed E-state index contributed by atoms with van der Waals surface area (Å²) in [6.45, 7) is 4.98. The zero-order valence-electron chi connectivity index (χ0n) is 16.6. The van der Waals surface area contributed by atoms with E-state index >= 15 is 0 Å². The monoisotopic (exact) mass is 379 g/mol. The number of amides is 1. The number of anilines is 2. The lowest BCUT2D eigenvalue weighted by Gasteiger charge is -2.13. The number of hydrogen-bond donors (Lipinski definition) is 2. The number of aryl methyl sites for hydroxylation is 2. The van der Waals surface area contributed by atoms with E-state index in [1.54, 1.807) is 20.3 Å². The Bertz CT molecular complexity index is 1000. The molecule has 28 heavy (non-hydrogen) atoms. The second kappa shape index (κ2) is 8.71. The Morgan fingerprint density at radius 1 is 1.07 bits per heavy atom. The first-order chi connectivity index (χ1) is 13.5. The van der Waals surface area contributed by atoms with Gasteiger partial charge in [0.25, 0.3) is 5.91 Å². The molecule has 146 valence electrons. The van der Waals surface area contributed by atoms with E-state index in [1.165, 1.54) is 0 Å². The highest BCUT2D eigenvalue weighted by Gasteiger charge is 2.10. The molecule has 3 rings (SSSR count). The summed E-state index contributed by atoms with van der Waals surface area (Å²) in [5, 5.41) is 7.24. The molecule has 0 aliphatic carbocycles. The van der Waals surface area contributed by atoms with E-state index in [-0.39, 0.29) is 5.91 Å². The normalized spacial score (nSPS) is 10.7. The molecule has 1 amide bonds. The molecule has 0 aliphatic heterocycles. The molecule has 0 spiro atoms. The highest BCUT2D eigenvalue weighted by Crippen LogP contribution is 2.29. The summed E-state index contributed by atoms with van der Waals surface area (Å²) < 4.78 is 10.4. The molecule has 2 aromatic carbocycles. The standard InChI is InChI=1S/C22H25N3O3/c1-14-13-20(25-21-17(14)6-5-7-19(21)28-4)24-18-9-8-16(12-15(18)2)22(26)23-10-11-27-3/h5-9,12-13H,10-11H2,1-4H3,(H,23,26)(H,24,25). The van der Waals surface area contributed by atoms with E-state index in [9.17, 15) is 4.79 Å². The van der Waals surface area contributed by atoms with Gasteiger partial charge in [-0.25, -0.2) is 4.98 Å². The van der Waals surface area contributed by atoms with Gasteiger partial charge in [0.2, 0.25) is 0 Å². The first kappa shape index (κ1) is 19.6. The molecule has 0 fully saturated rings. The molecule has 0 saturated carbocycles. The van der Waals surface area contributed by atoms with Gasteiger partial charge in [0.15, 0.2) is 0 Å². The number of pyridine rings is 1. The molecule has 3 aromatic rings. The van der Waals surface area contributed by atoms with E-state index in [0.29, 0.717) is 18.7 Å². The van der Waals surface area contributed by atoms with E-state index < -0.39 is 0 Å². The molecular weight excluding hydrogens is 354 g/mol. The lowest BCUT2D eigenvalue weighted by atomic mass is 10.1. The predicted molar refractivity (Wildman–Crippen MR) is 112 cm³/mol. The van der Waals surface area contributed by atoms with Gasteiger partial charge in [0, 0.05) is 30.3 Å². The highest BCUT2D eigenvalue weighted by molar-refractivity contribution is 5.95. The minimum Gasteiger partial charge on any atom is -0.494 e. The number of benzene rings is 2. The second-order valence-electron chi connectivity index (χ2n) is 6.58. The Kier molecular flexibility index (Phi) is 6.11. The van der Waals surface area contributed by atoms with Gasteiger partial charge < -0.3 is 20.1 Å². The Hall–Kier alpha value is -3.12. The fraction of sp³-hybridized carbons (Fsp3) is 0.273. The van der Waals surface area contributed by atoms with Gasteiger partial charge in [-0.05, 0) is 55.3 Å². The van der Waals surface area contributed by atoms with Crippen molar-refractivity contribution in [2.75, 3.05) is 32.7 Å². The molecule has 2 N–H and O–H groups in total. The van der Waals surface area contributed by atoms with Crippen LogP contribution in [0.1, 0.15) is 21.5 Å². The fourth-order valence-electron chi connectivity index (χ4n) is 3.07. The molecule has 0 atom stereocenters. The van der Waals surface area contributed by atoms with Crippen LogP contribution in [0.5, 0.6) is 5.75 Å². The van der Waals surface area contributed by atoms with Crippen LogP contribution in [0.15, 0.2) is 42.5 Å². The third kappa shape index (κ3) is 4.23. The van der Waals surface area contributed by atoms with Crippen molar-refractivity contribution < 1.29 is 14.3 Å². The van der Waals surface area contributed by atoms with Crippen LogP contribution in [0, 0.1) is 13.8 Å². The lowest BCUT2D eigenvalue weighted by Crippen LogP contribution is -2.26. The van der Waals surface area contributed by atoms with Gasteiger partial charge in [-0.3, -0.25) is 4.79 Å². The second-order valence-corrected chi connectivity index (χ2v) is 6.58. The van der Waals surface area contributed by atoms with E-state index in [1.807, 2.05) is 43.3 Å². The number of carbonyl (C=O) groups is 1. The van der Waals surface area contributed by atoms with Crippen LogP contribution >= 0.6 is 0 Å². The Morgan fingerprint density at radius 2 is 1.89 bits per heavy atom. The number of rotatable bonds is 7. The zero-order chi connectivity index (χ0) is 20.1. The fourth-order valence-corrected chi connectivity index (χ4v) is 3.07. The molecule has 1 aromatic heterocycles. The Labute approximate surface area is 164 Å². The van der Waals surface area contributed by atoms with Crippen molar-refractivity contribution in [2.45, 2.75) is 13.8 Å². The largest absolute Gasteiger partial charge is 0.494 e. The summed E-state index contributed by atoms with van der Waals surface area (Å²) in [6.07, 6.45) is 0. The number of nitrogens with zero attached hydrogens (tertiary/aromatic N) is 1. The summed E-state index contributed by atoms with van der Waals surface area (Å²) in [5.74, 6) is 1.36. The predicted octanol–water partition coefficient (Wildman–Crippen LogP) is 3.98. The minimum absolute atomic E-state index is 0.115. The smallest absolute Gasteiger partial charge is 0.251 e. The third-order valence-corrected chi connectivity index (χ3v) is 4.57. The quantitative estimate of drug-likeness (QED) is 0.608. The van der Waals surface area contributed by atoms with Crippen LogP contribution in [0.4, 0.5) is 11.5 Å². The van der Waals surface area contributed by atoms with Crippen molar-refractivity contribution in [1.29, 1.82) is 0 Å². The lowest BCUT2D eigenvalue weighted by molar-refractivity contribution is 0.0937. The molecule has 1 heterocycles. The summed E-state index contributed by atoms with van der Waals surface area (Å²) in [6, 6.07) is 13.5. The van der Waals surface area contributed by atoms with Crippen molar-refractivity contribution in [3.05, 3.63) is 59.2 Å². The molecule has 6 heteroatoms. The van der Waals surface area contributed by atoms with Gasteiger partial charge in [-0.15, -0.1) is 0 Å². The third-order valence-electron chi connectivity index (χ3n) is 4.57.